The molecule has 1 amide bonds. The fourth-order valence-electron chi connectivity index (χ4n) is 4.55. The molecule has 5 rings (SSSR count). The van der Waals surface area contributed by atoms with Crippen LogP contribution in [0.1, 0.15) is 47.8 Å². The minimum absolute atomic E-state index is 0.0232. The van der Waals surface area contributed by atoms with Crippen LogP contribution in [-0.2, 0) is 20.2 Å². The van der Waals surface area contributed by atoms with Crippen LogP contribution in [0.3, 0.4) is 0 Å². The first-order valence-electron chi connectivity index (χ1n) is 12.0. The van der Waals surface area contributed by atoms with Gasteiger partial charge in [0.25, 0.3) is 26.1 Å². The number of carbonyl (C=O) groups excluding carboxylic acids is 3. The third kappa shape index (κ3) is 5.49. The van der Waals surface area contributed by atoms with Crippen molar-refractivity contribution in [3.63, 3.8) is 0 Å². The first-order chi connectivity index (χ1) is 20.5. The average Bonchev–Trinajstić information content (AvgIpc) is 2.94. The number of benzene rings is 3. The van der Waals surface area contributed by atoms with Crippen molar-refractivity contribution in [1.82, 2.24) is 10.2 Å². The van der Waals surface area contributed by atoms with Crippen LogP contribution < -0.4 is 16.4 Å². The van der Waals surface area contributed by atoms with Crippen LogP contribution in [0, 0.1) is 6.92 Å². The van der Waals surface area contributed by atoms with Gasteiger partial charge in [0.15, 0.2) is 21.9 Å². The summed E-state index contributed by atoms with van der Waals surface area (Å²) < 4.78 is 68.6. The topological polar surface area (TPSA) is 236 Å². The van der Waals surface area contributed by atoms with Crippen molar-refractivity contribution in [3.8, 4) is 0 Å². The van der Waals surface area contributed by atoms with Gasteiger partial charge in [-0.2, -0.15) is 16.8 Å². The first kappa shape index (κ1) is 31.0. The van der Waals surface area contributed by atoms with Gasteiger partial charge in [-0.05, 0) is 36.8 Å². The highest BCUT2D eigenvalue weighted by molar-refractivity contribution is 7.86. The lowest BCUT2D eigenvalue weighted by atomic mass is 9.82. The van der Waals surface area contributed by atoms with E-state index in [2.05, 4.69) is 20.8 Å². The lowest BCUT2D eigenvalue weighted by molar-refractivity contribution is 0.0980. The van der Waals surface area contributed by atoms with Gasteiger partial charge < -0.3 is 16.4 Å². The summed E-state index contributed by atoms with van der Waals surface area (Å²) in [5.74, 6) is -2.44. The highest BCUT2D eigenvalue weighted by Gasteiger charge is 2.36. The first-order valence-corrected chi connectivity index (χ1v) is 15.6. The van der Waals surface area contributed by atoms with Gasteiger partial charge in [0.1, 0.15) is 4.90 Å². The van der Waals surface area contributed by atoms with Gasteiger partial charge in [-0.1, -0.05) is 47.5 Å². The zero-order chi connectivity index (χ0) is 32.3. The van der Waals surface area contributed by atoms with Crippen molar-refractivity contribution >= 4 is 83.7 Å². The van der Waals surface area contributed by atoms with Gasteiger partial charge in [-0.25, -0.2) is 0 Å². The number of hydrogen-bond acceptors (Lipinski definition) is 11. The Hall–Kier alpha value is -4.45. The van der Waals surface area contributed by atoms with Crippen LogP contribution in [0.25, 0.3) is 0 Å². The molecule has 6 N–H and O–H groups in total. The van der Waals surface area contributed by atoms with Crippen LogP contribution in [0.15, 0.2) is 58.3 Å². The summed E-state index contributed by atoms with van der Waals surface area (Å²) in [4.78, 5) is 38.4. The summed E-state index contributed by atoms with van der Waals surface area (Å²) in [6.45, 7) is 1.40. The third-order valence-electron chi connectivity index (χ3n) is 6.64. The van der Waals surface area contributed by atoms with Crippen LogP contribution in [0.4, 0.5) is 22.7 Å². The number of aromatic nitrogens is 2. The van der Waals surface area contributed by atoms with Crippen molar-refractivity contribution in [2.75, 3.05) is 16.4 Å². The predicted octanol–water partition coefficient (Wildman–Crippen LogP) is 3.94. The Balaban J connectivity index is 1.72. The molecule has 0 unspecified atom stereocenters. The summed E-state index contributed by atoms with van der Waals surface area (Å²) >= 11 is 11.8. The van der Waals surface area contributed by atoms with E-state index in [0.717, 1.165) is 24.3 Å². The average molecular weight is 678 g/mol. The van der Waals surface area contributed by atoms with Crippen LogP contribution >= 0.6 is 23.2 Å². The van der Waals surface area contributed by atoms with E-state index in [0.29, 0.717) is 0 Å². The number of halogens is 2. The summed E-state index contributed by atoms with van der Waals surface area (Å²) in [5.41, 5.74) is 3.48. The number of fused-ring (bicyclic) bond motifs is 2. The maximum Gasteiger partial charge on any atom is 0.296 e. The van der Waals surface area contributed by atoms with Crippen LogP contribution in [0.5, 0.6) is 0 Å². The molecular formula is C26H17Cl2N5O9S2. The zero-order valence-corrected chi connectivity index (χ0v) is 25.1. The summed E-state index contributed by atoms with van der Waals surface area (Å²) in [5, 5.41) is 11.7. The number of nitrogens with two attached hydrogens (primary N) is 1. The number of ketones is 2. The normalized spacial score (nSPS) is 12.8. The van der Waals surface area contributed by atoms with E-state index in [-0.39, 0.29) is 55.2 Å². The van der Waals surface area contributed by atoms with E-state index in [1.807, 2.05) is 0 Å². The third-order valence-corrected chi connectivity index (χ3v) is 8.83. The molecule has 14 nitrogen and oxygen atoms in total. The van der Waals surface area contributed by atoms with E-state index >= 15 is 0 Å². The van der Waals surface area contributed by atoms with Crippen LogP contribution in [-0.4, -0.2) is 53.6 Å². The number of amides is 1. The largest absolute Gasteiger partial charge is 0.397 e. The monoisotopic (exact) mass is 677 g/mol. The van der Waals surface area contributed by atoms with Gasteiger partial charge in [0, 0.05) is 22.5 Å². The molecule has 226 valence electrons. The fourth-order valence-corrected chi connectivity index (χ4v) is 6.05. The molecule has 0 bridgehead atoms. The summed E-state index contributed by atoms with van der Waals surface area (Å²) in [7, 11) is -9.98. The molecule has 0 radical (unpaired) electrons. The standard InChI is InChI=1S/C26H17Cl2N5O9S2/c1-10-15(6-11(43(37,38)39)7-16(10)31-26(36)14-8-19(27)32-33-25(14)28)30-17-9-18(44(40,41)42)22(29)21-20(17)23(34)12-4-2-3-5-13(12)24(21)35/h2-9,30H,29H2,1H3,(H,31,36)(H,37,38,39)(H,40,41,42). The van der Waals surface area contributed by atoms with Crippen molar-refractivity contribution in [2.45, 2.75) is 16.7 Å². The Morgan fingerprint density at radius 2 is 1.43 bits per heavy atom. The molecule has 0 saturated carbocycles. The molecule has 1 aromatic heterocycles. The van der Waals surface area contributed by atoms with Gasteiger partial charge in [-0.3, -0.25) is 23.5 Å². The predicted molar refractivity (Wildman–Crippen MR) is 158 cm³/mol. The summed E-state index contributed by atoms with van der Waals surface area (Å²) in [6.07, 6.45) is 0. The van der Waals surface area contributed by atoms with Crippen molar-refractivity contribution in [1.29, 1.82) is 0 Å². The highest BCUT2D eigenvalue weighted by Crippen LogP contribution is 2.41. The number of rotatable bonds is 6. The van der Waals surface area contributed by atoms with Gasteiger partial charge in [-0.15, -0.1) is 10.2 Å². The molecule has 1 aliphatic carbocycles. The molecule has 4 aromatic rings. The number of nitrogen functional groups attached to an aromatic ring is 1. The molecular weight excluding hydrogens is 661 g/mol. The minimum atomic E-state index is -5.06. The Bertz CT molecular complexity index is 2190. The molecule has 44 heavy (non-hydrogen) atoms. The number of anilines is 4. The molecule has 1 aliphatic rings. The highest BCUT2D eigenvalue weighted by atomic mass is 35.5. The molecule has 18 heteroatoms. The summed E-state index contributed by atoms with van der Waals surface area (Å²) in [6, 6.07) is 9.46. The maximum atomic E-state index is 13.6. The van der Waals surface area contributed by atoms with Gasteiger partial charge in [0.05, 0.1) is 33.0 Å². The smallest absolute Gasteiger partial charge is 0.296 e. The number of carbonyl (C=O) groups is 3. The van der Waals surface area contributed by atoms with E-state index < -0.39 is 58.8 Å². The molecule has 3 aromatic carbocycles. The van der Waals surface area contributed by atoms with Crippen molar-refractivity contribution in [3.05, 3.63) is 92.2 Å². The zero-order valence-electron chi connectivity index (χ0n) is 21.9. The molecule has 0 atom stereocenters. The van der Waals surface area contributed by atoms with E-state index in [4.69, 9.17) is 28.9 Å². The number of nitrogens with zero attached hydrogens (tertiary/aromatic N) is 2. The molecule has 0 fully saturated rings. The Morgan fingerprint density at radius 1 is 0.841 bits per heavy atom. The Kier molecular flexibility index (Phi) is 7.69. The number of hydrogen-bond donors (Lipinski definition) is 5. The molecule has 0 aliphatic heterocycles. The molecule has 0 spiro atoms. The van der Waals surface area contributed by atoms with Crippen LogP contribution in [0.2, 0.25) is 10.3 Å². The number of nitrogens with one attached hydrogen (secondary N) is 2. The second kappa shape index (κ2) is 10.9. The Morgan fingerprint density at radius 3 is 2.02 bits per heavy atom. The minimum Gasteiger partial charge on any atom is -0.397 e. The van der Waals surface area contributed by atoms with E-state index in [1.54, 1.807) is 0 Å². The second-order valence-electron chi connectivity index (χ2n) is 9.33. The SMILES string of the molecule is Cc1c(NC(=O)c2cc(Cl)nnc2Cl)cc(S(=O)(=O)O)cc1Nc1cc(S(=O)(=O)O)c(N)c2c1C(=O)c1ccccc1C2=O. The van der Waals surface area contributed by atoms with E-state index in [9.17, 15) is 40.3 Å². The molecule has 1 heterocycles. The van der Waals surface area contributed by atoms with Gasteiger partial charge in [0.2, 0.25) is 0 Å². The lowest BCUT2D eigenvalue weighted by Crippen LogP contribution is -2.25. The lowest BCUT2D eigenvalue weighted by Gasteiger charge is -2.24. The van der Waals surface area contributed by atoms with E-state index in [1.165, 1.54) is 31.2 Å². The second-order valence-corrected chi connectivity index (χ2v) is 12.9. The van der Waals surface area contributed by atoms with Crippen molar-refractivity contribution < 1.29 is 40.3 Å². The fraction of sp³-hybridized carbons (Fsp3) is 0.0385. The van der Waals surface area contributed by atoms with Crippen molar-refractivity contribution in [2.24, 2.45) is 0 Å². The quantitative estimate of drug-likeness (QED) is 0.127. The molecule has 0 saturated heterocycles. The Labute approximate surface area is 258 Å². The van der Waals surface area contributed by atoms with Gasteiger partial charge >= 0.3 is 0 Å². The maximum absolute atomic E-state index is 13.6.